The summed E-state index contributed by atoms with van der Waals surface area (Å²) < 4.78 is 29.5. The highest BCUT2D eigenvalue weighted by Crippen LogP contribution is 2.32. The van der Waals surface area contributed by atoms with Crippen molar-refractivity contribution >= 4 is 10.2 Å². The van der Waals surface area contributed by atoms with Gasteiger partial charge >= 0.3 is 0 Å². The summed E-state index contributed by atoms with van der Waals surface area (Å²) in [6.45, 7) is 5.31. The van der Waals surface area contributed by atoms with E-state index in [1.807, 2.05) is 4.31 Å². The zero-order valence-electron chi connectivity index (χ0n) is 13.1. The normalized spacial score (nSPS) is 29.9. The van der Waals surface area contributed by atoms with Crippen LogP contribution in [-0.2, 0) is 10.2 Å². The molecule has 0 bridgehead atoms. The molecule has 5 nitrogen and oxygen atoms in total. The minimum absolute atomic E-state index is 0.262. The van der Waals surface area contributed by atoms with Crippen molar-refractivity contribution in [2.75, 3.05) is 26.2 Å². The maximum Gasteiger partial charge on any atom is 0.282 e. The van der Waals surface area contributed by atoms with Crippen molar-refractivity contribution < 1.29 is 8.42 Å². The molecule has 3 rings (SSSR count). The predicted molar refractivity (Wildman–Crippen MR) is 84.3 cm³/mol. The van der Waals surface area contributed by atoms with Crippen molar-refractivity contribution in [1.29, 1.82) is 0 Å². The molecule has 1 unspecified atom stereocenters. The fourth-order valence-electron chi connectivity index (χ4n) is 3.46. The second-order valence-corrected chi connectivity index (χ2v) is 8.92. The van der Waals surface area contributed by atoms with Crippen LogP contribution in [-0.4, -0.2) is 55.3 Å². The Morgan fingerprint density at radius 2 is 1.81 bits per heavy atom. The summed E-state index contributed by atoms with van der Waals surface area (Å²) in [5.74, 6) is 0.658. The second-order valence-electron chi connectivity index (χ2n) is 7.04. The number of nitrogens with one attached hydrogen (secondary N) is 1. The Hall–Kier alpha value is -0.170. The molecule has 0 radical (unpaired) electrons. The highest BCUT2D eigenvalue weighted by atomic mass is 32.2. The molecule has 0 aromatic heterocycles. The number of piperidine rings is 2. The fraction of sp³-hybridized carbons (Fsp3) is 1.00. The first-order chi connectivity index (χ1) is 10.1. The molecule has 0 amide bonds. The molecule has 0 spiro atoms. The van der Waals surface area contributed by atoms with E-state index in [-0.39, 0.29) is 6.04 Å². The van der Waals surface area contributed by atoms with Gasteiger partial charge in [0.1, 0.15) is 0 Å². The molecule has 2 aliphatic heterocycles. The van der Waals surface area contributed by atoms with Crippen LogP contribution in [0.25, 0.3) is 0 Å². The van der Waals surface area contributed by atoms with Crippen molar-refractivity contribution in [2.24, 2.45) is 5.92 Å². The van der Waals surface area contributed by atoms with E-state index >= 15 is 0 Å². The fourth-order valence-corrected chi connectivity index (χ4v) is 5.38. The number of rotatable bonds is 5. The van der Waals surface area contributed by atoms with Crippen molar-refractivity contribution in [3.05, 3.63) is 0 Å². The molecule has 6 heteroatoms. The van der Waals surface area contributed by atoms with Crippen LogP contribution in [0.15, 0.2) is 0 Å². The van der Waals surface area contributed by atoms with Crippen LogP contribution in [0.4, 0.5) is 0 Å². The first-order valence-corrected chi connectivity index (χ1v) is 9.97. The highest BCUT2D eigenvalue weighted by Gasteiger charge is 2.42. The number of nitrogens with zero attached hydrogens (tertiary/aromatic N) is 2. The molecule has 1 aliphatic carbocycles. The van der Waals surface area contributed by atoms with Gasteiger partial charge in [0.15, 0.2) is 0 Å². The number of hydrogen-bond acceptors (Lipinski definition) is 3. The summed E-state index contributed by atoms with van der Waals surface area (Å²) in [7, 11) is -3.26. The summed E-state index contributed by atoms with van der Waals surface area (Å²) in [5.41, 5.74) is 0. The summed E-state index contributed by atoms with van der Waals surface area (Å²) in [5, 5.41) is 3.49. The second kappa shape index (κ2) is 6.52. The Kier molecular flexibility index (Phi) is 4.88. The molecule has 21 heavy (non-hydrogen) atoms. The quantitative estimate of drug-likeness (QED) is 0.838. The topological polar surface area (TPSA) is 52.7 Å². The first kappa shape index (κ1) is 15.7. The summed E-state index contributed by atoms with van der Waals surface area (Å²) in [6.07, 6.45) is 7.62. The number of hydrogen-bond donors (Lipinski definition) is 1. The molecule has 1 atom stereocenters. The van der Waals surface area contributed by atoms with Gasteiger partial charge in [-0.2, -0.15) is 17.0 Å². The predicted octanol–water partition coefficient (Wildman–Crippen LogP) is 1.57. The van der Waals surface area contributed by atoms with Gasteiger partial charge in [-0.25, -0.2) is 0 Å². The van der Waals surface area contributed by atoms with Crippen LogP contribution in [0.2, 0.25) is 0 Å². The van der Waals surface area contributed by atoms with Crippen molar-refractivity contribution in [1.82, 2.24) is 13.9 Å². The van der Waals surface area contributed by atoms with E-state index in [0.717, 1.165) is 38.6 Å². The van der Waals surface area contributed by atoms with E-state index in [9.17, 15) is 8.42 Å². The van der Waals surface area contributed by atoms with Crippen LogP contribution < -0.4 is 5.32 Å². The Labute approximate surface area is 129 Å². The van der Waals surface area contributed by atoms with Gasteiger partial charge < -0.3 is 5.32 Å². The van der Waals surface area contributed by atoms with E-state index in [0.29, 0.717) is 31.6 Å². The molecule has 0 aromatic carbocycles. The van der Waals surface area contributed by atoms with Crippen LogP contribution in [0, 0.1) is 5.92 Å². The van der Waals surface area contributed by atoms with Gasteiger partial charge in [0, 0.05) is 31.7 Å². The van der Waals surface area contributed by atoms with Crippen LogP contribution in [0.1, 0.15) is 51.9 Å². The molecular formula is C15H29N3O2S. The Balaban J connectivity index is 1.67. The molecule has 2 saturated heterocycles. The van der Waals surface area contributed by atoms with E-state index in [1.54, 1.807) is 4.31 Å². The van der Waals surface area contributed by atoms with Crippen molar-refractivity contribution in [3.8, 4) is 0 Å². The van der Waals surface area contributed by atoms with E-state index in [1.165, 1.54) is 12.8 Å². The van der Waals surface area contributed by atoms with E-state index in [2.05, 4.69) is 12.2 Å². The third kappa shape index (κ3) is 3.78. The van der Waals surface area contributed by atoms with Gasteiger partial charge in [-0.05, 0) is 51.0 Å². The van der Waals surface area contributed by atoms with Crippen LogP contribution in [0.3, 0.4) is 0 Å². The molecule has 3 aliphatic rings. The van der Waals surface area contributed by atoms with Gasteiger partial charge in [-0.15, -0.1) is 0 Å². The summed E-state index contributed by atoms with van der Waals surface area (Å²) in [6, 6.07) is 0.607. The average molecular weight is 315 g/mol. The largest absolute Gasteiger partial charge is 0.313 e. The Morgan fingerprint density at radius 3 is 2.38 bits per heavy atom. The lowest BCUT2D eigenvalue weighted by Crippen LogP contribution is -2.52. The minimum atomic E-state index is -3.26. The average Bonchev–Trinajstić information content (AvgIpc) is 3.31. The third-order valence-electron chi connectivity index (χ3n) is 5.13. The first-order valence-electron chi connectivity index (χ1n) is 8.57. The van der Waals surface area contributed by atoms with Gasteiger partial charge in [-0.3, -0.25) is 0 Å². The maximum atomic E-state index is 13.0. The zero-order valence-corrected chi connectivity index (χ0v) is 13.9. The molecule has 0 aromatic rings. The summed E-state index contributed by atoms with van der Waals surface area (Å²) in [4.78, 5) is 0. The van der Waals surface area contributed by atoms with Crippen LogP contribution in [0.5, 0.6) is 0 Å². The lowest BCUT2D eigenvalue weighted by molar-refractivity contribution is 0.247. The SMILES string of the molecule is CC1CCN(S(=O)(=O)N(CC2CCCCN2)C2CC2)CC1. The maximum absolute atomic E-state index is 13.0. The van der Waals surface area contributed by atoms with Gasteiger partial charge in [0.05, 0.1) is 0 Å². The van der Waals surface area contributed by atoms with Gasteiger partial charge in [-0.1, -0.05) is 13.3 Å². The molecular weight excluding hydrogens is 286 g/mol. The minimum Gasteiger partial charge on any atom is -0.313 e. The van der Waals surface area contributed by atoms with Crippen molar-refractivity contribution in [2.45, 2.75) is 64.0 Å². The smallest absolute Gasteiger partial charge is 0.282 e. The molecule has 122 valence electrons. The van der Waals surface area contributed by atoms with Gasteiger partial charge in [0.25, 0.3) is 10.2 Å². The monoisotopic (exact) mass is 315 g/mol. The van der Waals surface area contributed by atoms with E-state index in [4.69, 9.17) is 0 Å². The standard InChI is InChI=1S/C15H29N3O2S/c1-13-7-10-17(11-8-13)21(19,20)18(15-5-6-15)12-14-4-2-3-9-16-14/h13-16H,2-12H2,1H3. The van der Waals surface area contributed by atoms with E-state index < -0.39 is 10.2 Å². The van der Waals surface area contributed by atoms with Crippen LogP contribution >= 0.6 is 0 Å². The molecule has 1 N–H and O–H groups in total. The van der Waals surface area contributed by atoms with Gasteiger partial charge in [0.2, 0.25) is 0 Å². The highest BCUT2D eigenvalue weighted by molar-refractivity contribution is 7.86. The third-order valence-corrected chi connectivity index (χ3v) is 7.19. The summed E-state index contributed by atoms with van der Waals surface area (Å²) >= 11 is 0. The lowest BCUT2D eigenvalue weighted by atomic mass is 10.0. The Morgan fingerprint density at radius 1 is 1.10 bits per heavy atom. The molecule has 2 heterocycles. The molecule has 1 saturated carbocycles. The molecule has 3 fully saturated rings. The Bertz CT molecular complexity index is 436. The zero-order chi connectivity index (χ0) is 14.9. The van der Waals surface area contributed by atoms with Crippen molar-refractivity contribution in [3.63, 3.8) is 0 Å². The lowest BCUT2D eigenvalue weighted by Gasteiger charge is -2.36.